The lowest BCUT2D eigenvalue weighted by molar-refractivity contribution is 0.303. The van der Waals surface area contributed by atoms with Crippen LogP contribution in [0.2, 0.25) is 0 Å². The normalized spacial score (nSPS) is 12.2. The van der Waals surface area contributed by atoms with Gasteiger partial charge in [0.05, 0.1) is 0 Å². The zero-order valence-corrected chi connectivity index (χ0v) is 12.5. The molecule has 0 aliphatic rings. The molecule has 0 heterocycles. The number of benzene rings is 2. The van der Waals surface area contributed by atoms with Crippen molar-refractivity contribution in [1.82, 2.24) is 0 Å². The number of hydrogen-bond donors (Lipinski definition) is 1. The molecule has 0 amide bonds. The highest BCUT2D eigenvalue weighted by Crippen LogP contribution is 2.22. The highest BCUT2D eigenvalue weighted by atomic mass is 79.9. The van der Waals surface area contributed by atoms with Crippen molar-refractivity contribution in [1.29, 1.82) is 0 Å². The van der Waals surface area contributed by atoms with E-state index in [4.69, 9.17) is 10.5 Å². The summed E-state index contributed by atoms with van der Waals surface area (Å²) in [4.78, 5) is 0. The van der Waals surface area contributed by atoms with Crippen LogP contribution in [-0.4, -0.2) is 0 Å². The summed E-state index contributed by atoms with van der Waals surface area (Å²) in [6, 6.07) is 8.64. The van der Waals surface area contributed by atoms with E-state index in [1.165, 1.54) is 18.2 Å². The third-order valence-corrected chi connectivity index (χ3v) is 3.25. The van der Waals surface area contributed by atoms with Crippen LogP contribution in [0.1, 0.15) is 24.1 Å². The van der Waals surface area contributed by atoms with Gasteiger partial charge in [0.1, 0.15) is 24.0 Å². The predicted octanol–water partition coefficient (Wildman–Crippen LogP) is 4.33. The maximum atomic E-state index is 13.7. The Bertz CT molecular complexity index is 597. The minimum atomic E-state index is -0.405. The van der Waals surface area contributed by atoms with Gasteiger partial charge < -0.3 is 10.5 Å². The summed E-state index contributed by atoms with van der Waals surface area (Å²) in [5.74, 6) is -0.373. The second-order valence-electron chi connectivity index (χ2n) is 4.54. The van der Waals surface area contributed by atoms with Crippen LogP contribution in [0.5, 0.6) is 5.75 Å². The van der Waals surface area contributed by atoms with Crippen LogP contribution in [0.25, 0.3) is 0 Å². The molecule has 5 heteroatoms. The van der Waals surface area contributed by atoms with Gasteiger partial charge in [0.25, 0.3) is 0 Å². The van der Waals surface area contributed by atoms with Crippen molar-refractivity contribution < 1.29 is 13.5 Å². The van der Waals surface area contributed by atoms with Crippen LogP contribution >= 0.6 is 15.9 Å². The Morgan fingerprint density at radius 1 is 1.20 bits per heavy atom. The van der Waals surface area contributed by atoms with Gasteiger partial charge in [-0.15, -0.1) is 0 Å². The van der Waals surface area contributed by atoms with E-state index in [-0.39, 0.29) is 18.5 Å². The minimum absolute atomic E-state index is 0.160. The quantitative estimate of drug-likeness (QED) is 0.898. The van der Waals surface area contributed by atoms with Crippen LogP contribution in [0.15, 0.2) is 40.9 Å². The molecule has 0 radical (unpaired) electrons. The molecule has 2 aromatic carbocycles. The third kappa shape index (κ3) is 3.77. The molecule has 0 unspecified atom stereocenters. The van der Waals surface area contributed by atoms with Crippen LogP contribution in [-0.2, 0) is 6.61 Å². The average molecular weight is 342 g/mol. The number of nitrogens with two attached hydrogens (primary N) is 1. The summed E-state index contributed by atoms with van der Waals surface area (Å²) in [6.45, 7) is 1.87. The van der Waals surface area contributed by atoms with E-state index in [1.807, 2.05) is 0 Å². The molecular weight excluding hydrogens is 328 g/mol. The van der Waals surface area contributed by atoms with Gasteiger partial charge in [0, 0.05) is 22.1 Å². The summed E-state index contributed by atoms with van der Waals surface area (Å²) < 4.78 is 33.0. The zero-order valence-electron chi connectivity index (χ0n) is 10.9. The largest absolute Gasteiger partial charge is 0.489 e. The Morgan fingerprint density at radius 3 is 2.55 bits per heavy atom. The van der Waals surface area contributed by atoms with Crippen molar-refractivity contribution in [2.24, 2.45) is 5.73 Å². The van der Waals surface area contributed by atoms with Crippen molar-refractivity contribution in [3.05, 3.63) is 63.6 Å². The number of hydrogen-bond acceptors (Lipinski definition) is 2. The maximum Gasteiger partial charge on any atom is 0.131 e. The first-order valence-electron chi connectivity index (χ1n) is 6.08. The first kappa shape index (κ1) is 14.9. The second kappa shape index (κ2) is 6.33. The van der Waals surface area contributed by atoms with Crippen LogP contribution in [0, 0.1) is 11.6 Å². The van der Waals surface area contributed by atoms with Gasteiger partial charge >= 0.3 is 0 Å². The van der Waals surface area contributed by atoms with Gasteiger partial charge in [-0.1, -0.05) is 22.0 Å². The van der Waals surface area contributed by atoms with Crippen molar-refractivity contribution >= 4 is 15.9 Å². The molecule has 0 fully saturated rings. The van der Waals surface area contributed by atoms with Gasteiger partial charge in [-0.05, 0) is 36.8 Å². The maximum absolute atomic E-state index is 13.7. The lowest BCUT2D eigenvalue weighted by atomic mass is 10.1. The lowest BCUT2D eigenvalue weighted by Gasteiger charge is -2.11. The summed E-state index contributed by atoms with van der Waals surface area (Å²) in [5, 5.41) is 0. The van der Waals surface area contributed by atoms with Gasteiger partial charge in [0.2, 0.25) is 0 Å². The van der Waals surface area contributed by atoms with Crippen molar-refractivity contribution in [3.8, 4) is 5.75 Å². The molecular formula is C15H14BrF2NO. The number of halogens is 3. The Kier molecular flexibility index (Phi) is 4.73. The molecule has 0 spiro atoms. The number of ether oxygens (including phenoxy) is 1. The highest BCUT2D eigenvalue weighted by molar-refractivity contribution is 9.10. The molecule has 2 rings (SSSR count). The molecule has 0 aromatic heterocycles. The molecule has 0 bridgehead atoms. The van der Waals surface area contributed by atoms with Crippen LogP contribution in [0.4, 0.5) is 8.78 Å². The van der Waals surface area contributed by atoms with Gasteiger partial charge in [-0.25, -0.2) is 8.78 Å². The van der Waals surface area contributed by atoms with E-state index in [2.05, 4.69) is 15.9 Å². The van der Waals surface area contributed by atoms with Crippen molar-refractivity contribution in [3.63, 3.8) is 0 Å². The van der Waals surface area contributed by atoms with E-state index in [1.54, 1.807) is 25.1 Å². The fourth-order valence-electron chi connectivity index (χ4n) is 1.83. The molecule has 1 atom stereocenters. The third-order valence-electron chi connectivity index (χ3n) is 2.79. The van der Waals surface area contributed by atoms with Crippen LogP contribution in [0.3, 0.4) is 0 Å². The molecule has 2 N–H and O–H groups in total. The first-order valence-corrected chi connectivity index (χ1v) is 6.88. The molecule has 0 saturated heterocycles. The Hall–Kier alpha value is -1.46. The van der Waals surface area contributed by atoms with E-state index < -0.39 is 5.82 Å². The number of rotatable bonds is 4. The SMILES string of the molecule is C[C@H](N)c1ccc(OCc2cc(F)cc(Br)c2)cc1F. The summed E-state index contributed by atoms with van der Waals surface area (Å²) >= 11 is 3.21. The highest BCUT2D eigenvalue weighted by Gasteiger charge is 2.08. The Morgan fingerprint density at radius 2 is 1.95 bits per heavy atom. The Balaban J connectivity index is 2.09. The van der Waals surface area contributed by atoms with E-state index in [9.17, 15) is 8.78 Å². The van der Waals surface area contributed by atoms with Crippen molar-refractivity contribution in [2.45, 2.75) is 19.6 Å². The van der Waals surface area contributed by atoms with Crippen LogP contribution < -0.4 is 10.5 Å². The second-order valence-corrected chi connectivity index (χ2v) is 5.45. The van der Waals surface area contributed by atoms with Gasteiger partial charge in [-0.2, -0.15) is 0 Å². The topological polar surface area (TPSA) is 35.2 Å². The molecule has 2 aromatic rings. The molecule has 106 valence electrons. The van der Waals surface area contributed by atoms with Crippen molar-refractivity contribution in [2.75, 3.05) is 0 Å². The fourth-order valence-corrected chi connectivity index (χ4v) is 2.34. The Labute approximate surface area is 124 Å². The standard InChI is InChI=1S/C15H14BrF2NO/c1-9(19)14-3-2-13(7-15(14)18)20-8-10-4-11(16)6-12(17)5-10/h2-7,9H,8,19H2,1H3/t9-/m0/s1. The summed E-state index contributed by atoms with van der Waals surface area (Å²) in [5.41, 5.74) is 6.73. The molecule has 0 saturated carbocycles. The fraction of sp³-hybridized carbons (Fsp3) is 0.200. The molecule has 20 heavy (non-hydrogen) atoms. The minimum Gasteiger partial charge on any atom is -0.489 e. The zero-order chi connectivity index (χ0) is 14.7. The summed E-state index contributed by atoms with van der Waals surface area (Å²) in [7, 11) is 0. The first-order chi connectivity index (χ1) is 9.45. The smallest absolute Gasteiger partial charge is 0.131 e. The van der Waals surface area contributed by atoms with Gasteiger partial charge in [-0.3, -0.25) is 0 Å². The molecule has 0 aliphatic heterocycles. The van der Waals surface area contributed by atoms with Gasteiger partial charge in [0.15, 0.2) is 0 Å². The molecule has 2 nitrogen and oxygen atoms in total. The molecule has 0 aliphatic carbocycles. The monoisotopic (exact) mass is 341 g/mol. The summed E-state index contributed by atoms with van der Waals surface area (Å²) in [6.07, 6.45) is 0. The van der Waals surface area contributed by atoms with E-state index in [0.717, 1.165) is 0 Å². The predicted molar refractivity (Wildman–Crippen MR) is 77.4 cm³/mol. The van der Waals surface area contributed by atoms with E-state index >= 15 is 0 Å². The average Bonchev–Trinajstić information content (AvgIpc) is 2.35. The lowest BCUT2D eigenvalue weighted by Crippen LogP contribution is -2.07. The van der Waals surface area contributed by atoms with E-state index in [0.29, 0.717) is 21.3 Å².